The van der Waals surface area contributed by atoms with Crippen LogP contribution in [0.25, 0.3) is 0 Å². The van der Waals surface area contributed by atoms with Crippen molar-refractivity contribution in [3.05, 3.63) is 23.8 Å². The van der Waals surface area contributed by atoms with Crippen molar-refractivity contribution in [3.8, 4) is 0 Å². The molecule has 3 aliphatic rings. The molecule has 0 unspecified atom stereocenters. The summed E-state index contributed by atoms with van der Waals surface area (Å²) in [4.78, 5) is 50.0. The lowest BCUT2D eigenvalue weighted by molar-refractivity contribution is -0.183. The van der Waals surface area contributed by atoms with E-state index in [1.165, 1.54) is 6.08 Å². The Morgan fingerprint density at radius 3 is 2.61 bits per heavy atom. The normalized spacial score (nSPS) is 36.7. The Morgan fingerprint density at radius 2 is 2.03 bits per heavy atom. The molecule has 0 radical (unpaired) electrons. The van der Waals surface area contributed by atoms with Crippen LogP contribution in [0, 0.1) is 5.92 Å². The molecular formula is C22H27ClO10. The van der Waals surface area contributed by atoms with Crippen molar-refractivity contribution in [2.45, 2.75) is 69.2 Å². The van der Waals surface area contributed by atoms with Gasteiger partial charge in [0.2, 0.25) is 0 Å². The second-order valence-electron chi connectivity index (χ2n) is 8.77. The molecule has 3 rings (SSSR count). The molecule has 2 aliphatic heterocycles. The van der Waals surface area contributed by atoms with Gasteiger partial charge in [0.25, 0.3) is 0 Å². The Labute approximate surface area is 195 Å². The minimum atomic E-state index is -2.10. The summed E-state index contributed by atoms with van der Waals surface area (Å²) >= 11 is 5.71. The van der Waals surface area contributed by atoms with Gasteiger partial charge in [0.1, 0.15) is 12.2 Å². The number of alkyl halides is 1. The zero-order valence-electron chi connectivity index (χ0n) is 18.8. The third-order valence-electron chi connectivity index (χ3n) is 6.12. The van der Waals surface area contributed by atoms with E-state index < -0.39 is 71.3 Å². The molecule has 0 aromatic carbocycles. The van der Waals surface area contributed by atoms with Crippen molar-refractivity contribution < 1.29 is 48.0 Å². The summed E-state index contributed by atoms with van der Waals surface area (Å²) in [5.74, 6) is -5.03. The predicted molar refractivity (Wildman–Crippen MR) is 112 cm³/mol. The van der Waals surface area contributed by atoms with E-state index in [0.717, 1.165) is 21.0 Å². The van der Waals surface area contributed by atoms with E-state index in [1.807, 2.05) is 6.92 Å². The van der Waals surface area contributed by atoms with Crippen LogP contribution in [0.1, 0.15) is 33.6 Å². The highest BCUT2D eigenvalue weighted by molar-refractivity contribution is 6.20. The molecule has 2 saturated heterocycles. The summed E-state index contributed by atoms with van der Waals surface area (Å²) in [6, 6.07) is 0. The molecule has 0 aromatic rings. The summed E-state index contributed by atoms with van der Waals surface area (Å²) in [6.45, 7) is 7.87. The first-order chi connectivity index (χ1) is 15.4. The minimum Gasteiger partial charge on any atom is -0.466 e. The molecule has 0 spiro atoms. The van der Waals surface area contributed by atoms with Gasteiger partial charge in [-0.3, -0.25) is 4.79 Å². The number of rotatable bonds is 5. The minimum absolute atomic E-state index is 0.0527. The lowest BCUT2D eigenvalue weighted by Gasteiger charge is -2.35. The van der Waals surface area contributed by atoms with Gasteiger partial charge >= 0.3 is 23.9 Å². The number of hydrogen-bond donors (Lipinski definition) is 1. The molecule has 0 bridgehead atoms. The average molecular weight is 487 g/mol. The maximum absolute atomic E-state index is 12.8. The van der Waals surface area contributed by atoms with Crippen LogP contribution in [-0.4, -0.2) is 77.6 Å². The fourth-order valence-electron chi connectivity index (χ4n) is 4.18. The summed E-state index contributed by atoms with van der Waals surface area (Å²) in [6.07, 6.45) is -2.09. The number of halogens is 1. The van der Waals surface area contributed by atoms with Crippen LogP contribution in [0.4, 0.5) is 0 Å². The van der Waals surface area contributed by atoms with E-state index in [0.29, 0.717) is 12.8 Å². The van der Waals surface area contributed by atoms with Crippen molar-refractivity contribution in [2.75, 3.05) is 13.0 Å². The molecule has 1 aliphatic carbocycles. The first kappa shape index (κ1) is 25.2. The van der Waals surface area contributed by atoms with Crippen LogP contribution in [-0.2, 0) is 42.9 Å². The van der Waals surface area contributed by atoms with Crippen LogP contribution in [0.3, 0.4) is 0 Å². The monoisotopic (exact) mass is 486 g/mol. The number of allylic oxidation sites excluding steroid dienone is 1. The highest BCUT2D eigenvalue weighted by atomic mass is 35.5. The number of carbonyl (C=O) groups excluding carboxylic acids is 4. The first-order valence-electron chi connectivity index (χ1n) is 10.4. The average Bonchev–Trinajstić information content (AvgIpc) is 3.34. The molecule has 7 atom stereocenters. The Hall–Kier alpha value is -2.43. The van der Waals surface area contributed by atoms with Crippen molar-refractivity contribution in [3.63, 3.8) is 0 Å². The SMILES string of the molecule is C=C1C(=O)O[C@H]2[C@H]1[C@H](OC(=O)[C@@](C)(O)CCl)[C@@H](OC(C)=O)/C(C(=O)OC)=C\CC[C@@]1(C)O[C@H]21. The topological polar surface area (TPSA) is 138 Å². The Morgan fingerprint density at radius 1 is 1.36 bits per heavy atom. The Kier molecular flexibility index (Phi) is 6.93. The van der Waals surface area contributed by atoms with Gasteiger partial charge < -0.3 is 28.8 Å². The molecule has 182 valence electrons. The molecule has 33 heavy (non-hydrogen) atoms. The molecular weight excluding hydrogens is 460 g/mol. The summed E-state index contributed by atoms with van der Waals surface area (Å²) in [5, 5.41) is 10.3. The van der Waals surface area contributed by atoms with Gasteiger partial charge in [-0.15, -0.1) is 11.6 Å². The summed E-state index contributed by atoms with van der Waals surface area (Å²) < 4.78 is 27.3. The quantitative estimate of drug-likeness (QED) is 0.196. The van der Waals surface area contributed by atoms with Gasteiger partial charge in [-0.2, -0.15) is 0 Å². The molecule has 0 saturated carbocycles. The number of fused-ring (bicyclic) bond motifs is 3. The summed E-state index contributed by atoms with van der Waals surface area (Å²) in [5.41, 5.74) is -2.90. The van der Waals surface area contributed by atoms with Crippen molar-refractivity contribution in [2.24, 2.45) is 5.92 Å². The fraction of sp³-hybridized carbons (Fsp3) is 0.636. The maximum atomic E-state index is 12.8. The van der Waals surface area contributed by atoms with Crippen molar-refractivity contribution in [1.29, 1.82) is 0 Å². The van der Waals surface area contributed by atoms with Gasteiger partial charge in [-0.25, -0.2) is 14.4 Å². The fourth-order valence-corrected chi connectivity index (χ4v) is 4.29. The molecule has 11 heteroatoms. The van der Waals surface area contributed by atoms with E-state index in [1.54, 1.807) is 0 Å². The smallest absolute Gasteiger partial charge is 0.339 e. The number of methoxy groups -OCH3 is 1. The molecule has 2 fully saturated rings. The standard InChI is InChI=1S/C22H27ClO10/c1-10-13-15(32-20(27)21(3,28)9-23)14(30-11(2)24)12(19(26)29-5)7-6-8-22(4)17(33-22)16(13)31-18(10)25/h7,13-17,28H,1,6,8-9H2,2-5H3/b12-7+/t13-,14+,15+,16+,17-,21+,22-/m1/s1. The highest BCUT2D eigenvalue weighted by Crippen LogP contribution is 2.50. The highest BCUT2D eigenvalue weighted by Gasteiger charge is 2.65. The van der Waals surface area contributed by atoms with Crippen LogP contribution in [0.5, 0.6) is 0 Å². The number of ether oxygens (including phenoxy) is 5. The second-order valence-corrected chi connectivity index (χ2v) is 9.04. The summed E-state index contributed by atoms with van der Waals surface area (Å²) in [7, 11) is 1.15. The van der Waals surface area contributed by atoms with E-state index in [-0.39, 0.29) is 11.1 Å². The van der Waals surface area contributed by atoms with Crippen molar-refractivity contribution in [1.82, 2.24) is 0 Å². The maximum Gasteiger partial charge on any atom is 0.339 e. The van der Waals surface area contributed by atoms with Gasteiger partial charge in [-0.05, 0) is 26.7 Å². The van der Waals surface area contributed by atoms with Crippen LogP contribution in [0.2, 0.25) is 0 Å². The third kappa shape index (κ3) is 4.78. The van der Waals surface area contributed by atoms with E-state index in [4.69, 9.17) is 35.3 Å². The number of hydrogen-bond acceptors (Lipinski definition) is 10. The number of carbonyl (C=O) groups is 4. The van der Waals surface area contributed by atoms with Gasteiger partial charge in [-0.1, -0.05) is 12.7 Å². The lowest BCUT2D eigenvalue weighted by Crippen LogP contribution is -2.51. The van der Waals surface area contributed by atoms with Gasteiger partial charge in [0.05, 0.1) is 30.1 Å². The number of aliphatic hydroxyl groups is 1. The predicted octanol–water partition coefficient (Wildman–Crippen LogP) is 0.968. The van der Waals surface area contributed by atoms with Gasteiger partial charge in [0, 0.05) is 12.5 Å². The van der Waals surface area contributed by atoms with Crippen LogP contribution >= 0.6 is 11.6 Å². The molecule has 10 nitrogen and oxygen atoms in total. The zero-order chi connectivity index (χ0) is 24.7. The van der Waals surface area contributed by atoms with Gasteiger partial charge in [0.15, 0.2) is 17.8 Å². The van der Waals surface area contributed by atoms with Crippen molar-refractivity contribution >= 4 is 35.5 Å². The Bertz CT molecular complexity index is 909. The molecule has 0 aromatic heterocycles. The van der Waals surface area contributed by atoms with Crippen LogP contribution in [0.15, 0.2) is 23.8 Å². The second kappa shape index (κ2) is 9.08. The van der Waals surface area contributed by atoms with Crippen LogP contribution < -0.4 is 0 Å². The van der Waals surface area contributed by atoms with E-state index in [9.17, 15) is 24.3 Å². The number of esters is 4. The first-order valence-corrected chi connectivity index (χ1v) is 10.9. The molecule has 2 heterocycles. The largest absolute Gasteiger partial charge is 0.466 e. The number of epoxide rings is 1. The molecule has 1 N–H and O–H groups in total. The lowest BCUT2D eigenvalue weighted by atomic mass is 9.80. The van der Waals surface area contributed by atoms with E-state index >= 15 is 0 Å². The third-order valence-corrected chi connectivity index (χ3v) is 6.64. The molecule has 0 amide bonds. The zero-order valence-corrected chi connectivity index (χ0v) is 19.5. The Balaban J connectivity index is 2.17. The van der Waals surface area contributed by atoms with E-state index in [2.05, 4.69) is 6.58 Å².